The van der Waals surface area contributed by atoms with E-state index in [9.17, 15) is 9.59 Å². The molecule has 2 aromatic heterocycles. The van der Waals surface area contributed by atoms with Crippen molar-refractivity contribution in [1.82, 2.24) is 24.3 Å². The largest absolute Gasteiger partial charge is 0.383 e. The Hall–Kier alpha value is -2.58. The minimum atomic E-state index is -0.550. The Kier molecular flexibility index (Phi) is 3.59. The van der Waals surface area contributed by atoms with E-state index in [1.54, 1.807) is 24.9 Å². The summed E-state index contributed by atoms with van der Waals surface area (Å²) in [5.74, 6) is 0.758. The second-order valence-corrected chi connectivity index (χ2v) is 4.43. The van der Waals surface area contributed by atoms with Crippen LogP contribution in [0, 0.1) is 0 Å². The van der Waals surface area contributed by atoms with E-state index in [4.69, 9.17) is 5.73 Å². The highest BCUT2D eigenvalue weighted by Crippen LogP contribution is 2.18. The number of aromatic nitrogens is 5. The van der Waals surface area contributed by atoms with Crippen LogP contribution in [0.3, 0.4) is 0 Å². The van der Waals surface area contributed by atoms with Gasteiger partial charge in [0, 0.05) is 13.6 Å². The normalized spacial score (nSPS) is 12.3. The lowest BCUT2D eigenvalue weighted by molar-refractivity contribution is 0.692. The lowest BCUT2D eigenvalue weighted by Crippen LogP contribution is -2.34. The monoisotopic (exact) mass is 279 g/mol. The van der Waals surface area contributed by atoms with E-state index in [2.05, 4.69) is 20.5 Å². The Morgan fingerprint density at radius 3 is 2.75 bits per heavy atom. The zero-order chi connectivity index (χ0) is 14.9. The minimum absolute atomic E-state index is 0.107. The summed E-state index contributed by atoms with van der Waals surface area (Å²) < 4.78 is 3.02. The molecule has 1 atom stereocenters. The Bertz CT molecular complexity index is 727. The van der Waals surface area contributed by atoms with E-state index in [0.717, 1.165) is 0 Å². The van der Waals surface area contributed by atoms with Crippen LogP contribution < -0.4 is 22.3 Å². The van der Waals surface area contributed by atoms with Crippen LogP contribution in [0.5, 0.6) is 0 Å². The molecule has 108 valence electrons. The third-order valence-electron chi connectivity index (χ3n) is 3.05. The smallest absolute Gasteiger partial charge is 0.330 e. The topological polar surface area (TPSA) is 124 Å². The Morgan fingerprint density at radius 1 is 1.50 bits per heavy atom. The van der Waals surface area contributed by atoms with Crippen LogP contribution in [0.25, 0.3) is 0 Å². The summed E-state index contributed by atoms with van der Waals surface area (Å²) in [6, 6.07) is -0.284. The number of aryl methyl sites for hydroxylation is 1. The van der Waals surface area contributed by atoms with Gasteiger partial charge in [0.05, 0.1) is 6.04 Å². The first-order chi connectivity index (χ1) is 9.45. The number of nitrogen functional groups attached to an aromatic ring is 1. The zero-order valence-corrected chi connectivity index (χ0v) is 11.5. The number of hydrogen-bond acceptors (Lipinski definition) is 6. The maximum Gasteiger partial charge on any atom is 0.330 e. The standard InChI is InChI=1S/C11H17N7O2/c1-4-18-8(12)7(10(19)15-11(18)20)14-6(2)9-16-13-5-17(9)3/h5-6,14H,4,12H2,1-3H3,(H,15,19,20). The lowest BCUT2D eigenvalue weighted by Gasteiger charge is -2.16. The number of nitrogens with zero attached hydrogens (tertiary/aromatic N) is 4. The van der Waals surface area contributed by atoms with E-state index in [1.165, 1.54) is 4.57 Å². The Labute approximate surface area is 114 Å². The van der Waals surface area contributed by atoms with Gasteiger partial charge in [0.25, 0.3) is 5.56 Å². The van der Waals surface area contributed by atoms with Crippen molar-refractivity contribution in [1.29, 1.82) is 0 Å². The molecule has 0 saturated heterocycles. The van der Waals surface area contributed by atoms with Gasteiger partial charge in [-0.3, -0.25) is 14.3 Å². The highest BCUT2D eigenvalue weighted by molar-refractivity contribution is 5.61. The number of H-pyrrole nitrogens is 1. The molecule has 2 heterocycles. The van der Waals surface area contributed by atoms with Gasteiger partial charge in [-0.2, -0.15) is 0 Å². The summed E-state index contributed by atoms with van der Waals surface area (Å²) in [5, 5.41) is 10.7. The molecule has 0 aliphatic rings. The molecule has 20 heavy (non-hydrogen) atoms. The number of anilines is 2. The predicted octanol–water partition coefficient (Wildman–Crippen LogP) is -0.560. The van der Waals surface area contributed by atoms with Gasteiger partial charge in [0.15, 0.2) is 5.82 Å². The fourth-order valence-electron chi connectivity index (χ4n) is 2.01. The second kappa shape index (κ2) is 5.19. The molecule has 0 amide bonds. The first-order valence-corrected chi connectivity index (χ1v) is 6.18. The molecule has 0 spiro atoms. The fourth-order valence-corrected chi connectivity index (χ4v) is 2.01. The minimum Gasteiger partial charge on any atom is -0.383 e. The van der Waals surface area contributed by atoms with Crippen LogP contribution in [-0.4, -0.2) is 24.3 Å². The van der Waals surface area contributed by atoms with Crippen molar-refractivity contribution in [2.24, 2.45) is 7.05 Å². The van der Waals surface area contributed by atoms with Crippen LogP contribution in [0.2, 0.25) is 0 Å². The number of nitrogens with two attached hydrogens (primary N) is 1. The van der Waals surface area contributed by atoms with Crippen molar-refractivity contribution in [2.45, 2.75) is 26.4 Å². The highest BCUT2D eigenvalue weighted by Gasteiger charge is 2.17. The van der Waals surface area contributed by atoms with Gasteiger partial charge in [-0.25, -0.2) is 4.79 Å². The number of rotatable bonds is 4. The summed E-state index contributed by atoms with van der Waals surface area (Å²) in [7, 11) is 1.80. The molecule has 2 aromatic rings. The second-order valence-electron chi connectivity index (χ2n) is 4.43. The summed E-state index contributed by atoms with van der Waals surface area (Å²) in [5.41, 5.74) is 4.96. The van der Waals surface area contributed by atoms with E-state index in [0.29, 0.717) is 12.4 Å². The van der Waals surface area contributed by atoms with E-state index < -0.39 is 11.2 Å². The molecule has 1 unspecified atom stereocenters. The van der Waals surface area contributed by atoms with Gasteiger partial charge in [0.1, 0.15) is 17.8 Å². The molecule has 2 rings (SSSR count). The zero-order valence-electron chi connectivity index (χ0n) is 11.5. The third-order valence-corrected chi connectivity index (χ3v) is 3.05. The molecule has 0 radical (unpaired) electrons. The lowest BCUT2D eigenvalue weighted by atomic mass is 10.3. The van der Waals surface area contributed by atoms with Gasteiger partial charge >= 0.3 is 5.69 Å². The van der Waals surface area contributed by atoms with Crippen molar-refractivity contribution in [2.75, 3.05) is 11.1 Å². The molecule has 0 aliphatic heterocycles. The first kappa shape index (κ1) is 13.8. The van der Waals surface area contributed by atoms with Gasteiger partial charge in [-0.1, -0.05) is 0 Å². The van der Waals surface area contributed by atoms with Crippen molar-refractivity contribution < 1.29 is 0 Å². The number of aromatic amines is 1. The summed E-state index contributed by atoms with van der Waals surface area (Å²) in [4.78, 5) is 25.7. The summed E-state index contributed by atoms with van der Waals surface area (Å²) >= 11 is 0. The SMILES string of the molecule is CCn1c(N)c(NC(C)c2nncn2C)c(=O)[nH]c1=O. The van der Waals surface area contributed by atoms with E-state index >= 15 is 0 Å². The van der Waals surface area contributed by atoms with Crippen LogP contribution in [0.15, 0.2) is 15.9 Å². The molecule has 0 fully saturated rings. The molecule has 4 N–H and O–H groups in total. The molecule has 0 aromatic carbocycles. The molecule has 9 heteroatoms. The van der Waals surface area contributed by atoms with Crippen molar-refractivity contribution in [3.05, 3.63) is 33.0 Å². The molecule has 0 aliphatic carbocycles. The van der Waals surface area contributed by atoms with E-state index in [-0.39, 0.29) is 17.5 Å². The van der Waals surface area contributed by atoms with E-state index in [1.807, 2.05) is 6.92 Å². The molecule has 0 bridgehead atoms. The maximum atomic E-state index is 11.9. The van der Waals surface area contributed by atoms with Gasteiger partial charge in [0.2, 0.25) is 0 Å². The van der Waals surface area contributed by atoms with Crippen molar-refractivity contribution in [3.63, 3.8) is 0 Å². The van der Waals surface area contributed by atoms with Crippen LogP contribution in [0.4, 0.5) is 11.5 Å². The van der Waals surface area contributed by atoms with Gasteiger partial charge < -0.3 is 15.6 Å². The van der Waals surface area contributed by atoms with Crippen molar-refractivity contribution in [3.8, 4) is 0 Å². The predicted molar refractivity (Wildman–Crippen MR) is 74.4 cm³/mol. The molecule has 0 saturated carbocycles. The Balaban J connectivity index is 2.42. The van der Waals surface area contributed by atoms with Crippen LogP contribution in [-0.2, 0) is 13.6 Å². The highest BCUT2D eigenvalue weighted by atomic mass is 16.2. The van der Waals surface area contributed by atoms with Crippen LogP contribution in [0.1, 0.15) is 25.7 Å². The van der Waals surface area contributed by atoms with Crippen LogP contribution >= 0.6 is 0 Å². The van der Waals surface area contributed by atoms with Crippen molar-refractivity contribution >= 4 is 11.5 Å². The molecular weight excluding hydrogens is 262 g/mol. The maximum absolute atomic E-state index is 11.9. The quantitative estimate of drug-likeness (QED) is 0.689. The summed E-state index contributed by atoms with van der Waals surface area (Å²) in [6.45, 7) is 3.96. The summed E-state index contributed by atoms with van der Waals surface area (Å²) in [6.07, 6.45) is 1.56. The van der Waals surface area contributed by atoms with Gasteiger partial charge in [-0.05, 0) is 13.8 Å². The average molecular weight is 279 g/mol. The Morgan fingerprint density at radius 2 is 2.20 bits per heavy atom. The third kappa shape index (κ3) is 2.29. The number of nitrogens with one attached hydrogen (secondary N) is 2. The fraction of sp³-hybridized carbons (Fsp3) is 0.455. The van der Waals surface area contributed by atoms with Gasteiger partial charge in [-0.15, -0.1) is 10.2 Å². The average Bonchev–Trinajstić information content (AvgIpc) is 2.81. The molecular formula is C11H17N7O2. The molecule has 9 nitrogen and oxygen atoms in total. The first-order valence-electron chi connectivity index (χ1n) is 6.18. The number of hydrogen-bond donors (Lipinski definition) is 3.